The Bertz CT molecular complexity index is 1260. The molecule has 0 radical (unpaired) electrons. The molecule has 33 heavy (non-hydrogen) atoms. The minimum Gasteiger partial charge on any atom is -0.487 e. The number of hydrogen-bond acceptors (Lipinski definition) is 6. The van der Waals surface area contributed by atoms with E-state index in [4.69, 9.17) is 4.74 Å². The van der Waals surface area contributed by atoms with E-state index in [0.717, 1.165) is 16.9 Å². The number of ether oxygens (including phenoxy) is 1. The molecule has 1 aromatic heterocycles. The Morgan fingerprint density at radius 2 is 1.76 bits per heavy atom. The van der Waals surface area contributed by atoms with E-state index in [2.05, 4.69) is 9.88 Å². The summed E-state index contributed by atoms with van der Waals surface area (Å²) in [6.45, 7) is 1.52. The molecule has 0 aliphatic carbocycles. The van der Waals surface area contributed by atoms with Crippen molar-refractivity contribution in [3.05, 3.63) is 84.2 Å². The van der Waals surface area contributed by atoms with Gasteiger partial charge in [0.2, 0.25) is 5.91 Å². The van der Waals surface area contributed by atoms with Crippen LogP contribution < -0.4 is 9.64 Å². The largest absolute Gasteiger partial charge is 0.487 e. The number of likely N-dealkylation sites (tertiary alicyclic amines) is 1. The summed E-state index contributed by atoms with van der Waals surface area (Å²) < 4.78 is 29.9. The van der Waals surface area contributed by atoms with E-state index in [1.807, 2.05) is 54.6 Å². The number of pyridine rings is 1. The number of carbonyl (C=O) groups excluding carboxylic acids is 1. The molecule has 2 aliphatic heterocycles. The van der Waals surface area contributed by atoms with Gasteiger partial charge in [-0.05, 0) is 42.0 Å². The lowest BCUT2D eigenvalue weighted by Gasteiger charge is -2.31. The summed E-state index contributed by atoms with van der Waals surface area (Å²) in [6, 6.07) is 19.8. The van der Waals surface area contributed by atoms with Gasteiger partial charge in [0, 0.05) is 32.0 Å². The van der Waals surface area contributed by atoms with Gasteiger partial charge in [-0.1, -0.05) is 30.3 Å². The number of fused-ring (bicyclic) bond motifs is 3. The molecule has 0 spiro atoms. The van der Waals surface area contributed by atoms with E-state index < -0.39 is 9.84 Å². The third kappa shape index (κ3) is 4.49. The number of anilines is 1. The molecule has 1 amide bonds. The highest BCUT2D eigenvalue weighted by atomic mass is 32.2. The predicted molar refractivity (Wildman–Crippen MR) is 125 cm³/mol. The van der Waals surface area contributed by atoms with Gasteiger partial charge in [-0.3, -0.25) is 14.7 Å². The van der Waals surface area contributed by atoms with Gasteiger partial charge in [0.15, 0.2) is 9.84 Å². The topological polar surface area (TPSA) is 79.8 Å². The lowest BCUT2D eigenvalue weighted by Crippen LogP contribution is -2.45. The minimum atomic E-state index is -3.25. The fraction of sp³-hybridized carbons (Fsp3) is 0.280. The summed E-state index contributed by atoms with van der Waals surface area (Å²) in [4.78, 5) is 22.4. The van der Waals surface area contributed by atoms with Crippen molar-refractivity contribution in [2.75, 3.05) is 17.7 Å². The van der Waals surface area contributed by atoms with Crippen LogP contribution in [0.2, 0.25) is 0 Å². The number of sulfone groups is 1. The lowest BCUT2D eigenvalue weighted by atomic mass is 10.1. The molecule has 7 nitrogen and oxygen atoms in total. The fourth-order valence-corrected chi connectivity index (χ4v) is 5.16. The Kier molecular flexibility index (Phi) is 5.64. The Balaban J connectivity index is 1.44. The van der Waals surface area contributed by atoms with Crippen molar-refractivity contribution in [2.45, 2.75) is 36.6 Å². The van der Waals surface area contributed by atoms with Crippen LogP contribution in [0.5, 0.6) is 5.75 Å². The smallest absolute Gasteiger partial charge is 0.244 e. The van der Waals surface area contributed by atoms with Gasteiger partial charge in [0.25, 0.3) is 0 Å². The van der Waals surface area contributed by atoms with Crippen molar-refractivity contribution in [1.82, 2.24) is 9.88 Å². The van der Waals surface area contributed by atoms with Gasteiger partial charge >= 0.3 is 0 Å². The summed E-state index contributed by atoms with van der Waals surface area (Å²) in [5.74, 6) is 0.719. The second kappa shape index (κ2) is 8.61. The Morgan fingerprint density at radius 1 is 1.00 bits per heavy atom. The van der Waals surface area contributed by atoms with Crippen molar-refractivity contribution in [3.63, 3.8) is 0 Å². The average Bonchev–Trinajstić information content (AvgIpc) is 3.20. The first-order valence-corrected chi connectivity index (χ1v) is 12.8. The zero-order chi connectivity index (χ0) is 23.0. The quantitative estimate of drug-likeness (QED) is 0.579. The SMILES string of the molecule is CS(=O)(=O)c1ccc(CN2C[C@@H]3C[C@H]2C(=O)N(Cc2ccccn2)c2ccccc2O3)cc1. The van der Waals surface area contributed by atoms with Crippen LogP contribution in [0, 0.1) is 0 Å². The summed E-state index contributed by atoms with van der Waals surface area (Å²) in [7, 11) is -3.25. The molecule has 0 saturated carbocycles. The molecule has 2 aromatic carbocycles. The van der Waals surface area contributed by atoms with E-state index in [0.29, 0.717) is 31.8 Å². The van der Waals surface area contributed by atoms with Crippen molar-refractivity contribution in [2.24, 2.45) is 0 Å². The molecule has 3 heterocycles. The molecule has 2 bridgehead atoms. The second-order valence-corrected chi connectivity index (χ2v) is 10.6. The maximum absolute atomic E-state index is 13.8. The van der Waals surface area contributed by atoms with Crippen molar-refractivity contribution in [1.29, 1.82) is 0 Å². The van der Waals surface area contributed by atoms with Gasteiger partial charge in [-0.2, -0.15) is 0 Å². The monoisotopic (exact) mass is 463 g/mol. The van der Waals surface area contributed by atoms with Crippen molar-refractivity contribution < 1.29 is 17.9 Å². The molecule has 2 aliphatic rings. The van der Waals surface area contributed by atoms with E-state index in [9.17, 15) is 13.2 Å². The molecule has 2 atom stereocenters. The normalized spacial score (nSPS) is 20.6. The molecule has 0 unspecified atom stereocenters. The number of aromatic nitrogens is 1. The number of para-hydroxylation sites is 2. The first-order chi connectivity index (χ1) is 15.9. The summed E-state index contributed by atoms with van der Waals surface area (Å²) in [5.41, 5.74) is 2.51. The van der Waals surface area contributed by atoms with Gasteiger partial charge in [0.05, 0.1) is 28.9 Å². The maximum atomic E-state index is 13.8. The molecular formula is C25H25N3O4S. The van der Waals surface area contributed by atoms with Crippen LogP contribution in [0.15, 0.2) is 77.8 Å². The summed E-state index contributed by atoms with van der Waals surface area (Å²) >= 11 is 0. The molecular weight excluding hydrogens is 438 g/mol. The number of amides is 1. The summed E-state index contributed by atoms with van der Waals surface area (Å²) in [5, 5.41) is 0. The van der Waals surface area contributed by atoms with Gasteiger partial charge < -0.3 is 9.64 Å². The average molecular weight is 464 g/mol. The molecule has 1 fully saturated rings. The van der Waals surface area contributed by atoms with Crippen LogP contribution in [-0.2, 0) is 27.7 Å². The first kappa shape index (κ1) is 21.6. The molecule has 170 valence electrons. The third-order valence-corrected chi connectivity index (χ3v) is 7.28. The van der Waals surface area contributed by atoms with Crippen molar-refractivity contribution >= 4 is 21.4 Å². The van der Waals surface area contributed by atoms with Crippen LogP contribution in [0.4, 0.5) is 5.69 Å². The molecule has 1 saturated heterocycles. The second-order valence-electron chi connectivity index (χ2n) is 8.55. The minimum absolute atomic E-state index is 0.0201. The Labute approximate surface area is 193 Å². The van der Waals surface area contributed by atoms with Crippen LogP contribution in [-0.4, -0.2) is 49.2 Å². The highest BCUT2D eigenvalue weighted by Crippen LogP contribution is 2.37. The highest BCUT2D eigenvalue weighted by Gasteiger charge is 2.42. The third-order valence-electron chi connectivity index (χ3n) is 6.15. The van der Waals surface area contributed by atoms with E-state index in [1.54, 1.807) is 23.2 Å². The maximum Gasteiger partial charge on any atom is 0.244 e. The van der Waals surface area contributed by atoms with E-state index in [1.165, 1.54) is 6.26 Å². The number of carbonyl (C=O) groups is 1. The van der Waals surface area contributed by atoms with Crippen LogP contribution in [0.3, 0.4) is 0 Å². The van der Waals surface area contributed by atoms with E-state index in [-0.39, 0.29) is 22.9 Å². The lowest BCUT2D eigenvalue weighted by molar-refractivity contribution is -0.123. The zero-order valence-electron chi connectivity index (χ0n) is 18.3. The number of nitrogens with zero attached hydrogens (tertiary/aromatic N) is 3. The zero-order valence-corrected chi connectivity index (χ0v) is 19.1. The van der Waals surface area contributed by atoms with Gasteiger partial charge in [0.1, 0.15) is 11.9 Å². The van der Waals surface area contributed by atoms with Crippen molar-refractivity contribution in [3.8, 4) is 5.75 Å². The predicted octanol–water partition coefficient (Wildman–Crippen LogP) is 3.05. The number of benzene rings is 2. The van der Waals surface area contributed by atoms with Crippen LogP contribution in [0.25, 0.3) is 0 Å². The van der Waals surface area contributed by atoms with Crippen LogP contribution in [0.1, 0.15) is 17.7 Å². The van der Waals surface area contributed by atoms with Crippen LogP contribution >= 0.6 is 0 Å². The molecule has 8 heteroatoms. The van der Waals surface area contributed by atoms with Gasteiger partial charge in [-0.25, -0.2) is 8.42 Å². The molecule has 5 rings (SSSR count). The molecule has 3 aromatic rings. The fourth-order valence-electron chi connectivity index (χ4n) is 4.53. The summed E-state index contributed by atoms with van der Waals surface area (Å²) in [6.07, 6.45) is 3.44. The number of hydrogen-bond donors (Lipinski definition) is 0. The molecule has 0 N–H and O–H groups in total. The Hall–Kier alpha value is -3.23. The Morgan fingerprint density at radius 3 is 2.48 bits per heavy atom. The standard InChI is InChI=1S/C25H25N3O4S/c1-33(30,31)21-11-9-18(10-12-21)15-27-17-20-14-23(27)25(29)28(16-19-6-4-5-13-26-19)22-7-2-3-8-24(22)32-20/h2-13,20,23H,14-17H2,1H3/t20-,23-/m0/s1. The first-order valence-electron chi connectivity index (χ1n) is 10.9. The number of rotatable bonds is 5. The van der Waals surface area contributed by atoms with E-state index >= 15 is 0 Å². The highest BCUT2D eigenvalue weighted by molar-refractivity contribution is 7.90. The van der Waals surface area contributed by atoms with Gasteiger partial charge in [-0.15, -0.1) is 0 Å².